The molecule has 0 aliphatic carbocycles. The zero-order chi connectivity index (χ0) is 8.69. The predicted molar refractivity (Wildman–Crippen MR) is 49.8 cm³/mol. The molecule has 3 nitrogen and oxygen atoms in total. The maximum atomic E-state index is 3.89. The summed E-state index contributed by atoms with van der Waals surface area (Å²) in [6.07, 6.45) is 5.17. The van der Waals surface area contributed by atoms with E-state index in [-0.39, 0.29) is 0 Å². The van der Waals surface area contributed by atoms with Crippen LogP contribution in [0.5, 0.6) is 0 Å². The molecule has 0 N–H and O–H groups in total. The molecule has 0 aromatic carbocycles. The molecule has 0 heterocycles. The van der Waals surface area contributed by atoms with Crippen LogP contribution in [0.15, 0.2) is 35.0 Å². The highest BCUT2D eigenvalue weighted by Gasteiger charge is 1.95. The van der Waals surface area contributed by atoms with E-state index in [0.717, 1.165) is 0 Å². The van der Waals surface area contributed by atoms with Gasteiger partial charge in [0.05, 0.1) is 0 Å². The fourth-order valence-electron chi connectivity index (χ4n) is 0.615. The third-order valence-electron chi connectivity index (χ3n) is 1.04. The van der Waals surface area contributed by atoms with Crippen LogP contribution in [0.25, 0.3) is 0 Å². The lowest BCUT2D eigenvalue weighted by molar-refractivity contribution is 0.678. The summed E-state index contributed by atoms with van der Waals surface area (Å²) in [6, 6.07) is 0. The van der Waals surface area contributed by atoms with Gasteiger partial charge in [0.15, 0.2) is 0 Å². The zero-order valence-electron chi connectivity index (χ0n) is 6.99. The molecule has 0 saturated heterocycles. The average molecular weight is 151 g/mol. The van der Waals surface area contributed by atoms with Crippen molar-refractivity contribution in [1.29, 1.82) is 0 Å². The Labute approximate surface area is 67.5 Å². The van der Waals surface area contributed by atoms with Gasteiger partial charge in [-0.1, -0.05) is 12.7 Å². The molecule has 0 spiro atoms. The van der Waals surface area contributed by atoms with Crippen LogP contribution in [0, 0.1) is 0 Å². The van der Waals surface area contributed by atoms with Gasteiger partial charge in [0.25, 0.3) is 0 Å². The summed E-state index contributed by atoms with van der Waals surface area (Å²) in [5, 5.41) is 0. The standard InChI is InChI=1S/C8H13N3/c1-5-7-11(4)8(9-3)10-6-2/h5-7H,2-3H2,1,4H3/b7-5-,10-8?. The summed E-state index contributed by atoms with van der Waals surface area (Å²) >= 11 is 0. The minimum Gasteiger partial charge on any atom is -0.321 e. The van der Waals surface area contributed by atoms with Crippen LogP contribution in [-0.2, 0) is 0 Å². The molecular formula is C8H13N3. The van der Waals surface area contributed by atoms with Gasteiger partial charge in [-0.15, -0.1) is 0 Å². The first-order valence-electron chi connectivity index (χ1n) is 3.27. The van der Waals surface area contributed by atoms with Crippen LogP contribution >= 0.6 is 0 Å². The largest absolute Gasteiger partial charge is 0.321 e. The lowest BCUT2D eigenvalue weighted by Gasteiger charge is -2.10. The molecule has 0 rings (SSSR count). The summed E-state index contributed by atoms with van der Waals surface area (Å²) in [5.74, 6) is 0.540. The van der Waals surface area contributed by atoms with Gasteiger partial charge in [0.1, 0.15) is 0 Å². The molecule has 0 aromatic rings. The molecular weight excluding hydrogens is 138 g/mol. The lowest BCUT2D eigenvalue weighted by atomic mass is 10.6. The number of aliphatic imine (C=N–C) groups is 2. The molecule has 0 aliphatic heterocycles. The van der Waals surface area contributed by atoms with Crippen molar-refractivity contribution in [3.05, 3.63) is 25.1 Å². The van der Waals surface area contributed by atoms with Gasteiger partial charge < -0.3 is 4.90 Å². The average Bonchev–Trinajstić information content (AvgIpc) is 2.00. The SMILES string of the molecule is C=CN=C(N=C)N(C)/C=C\C. The first-order chi connectivity index (χ1) is 5.26. The molecule has 0 bridgehead atoms. The third kappa shape index (κ3) is 3.35. The van der Waals surface area contributed by atoms with Gasteiger partial charge in [-0.2, -0.15) is 0 Å². The highest BCUT2D eigenvalue weighted by Crippen LogP contribution is 1.90. The molecule has 11 heavy (non-hydrogen) atoms. The zero-order valence-corrected chi connectivity index (χ0v) is 6.99. The maximum Gasteiger partial charge on any atom is 0.228 e. The maximum absolute atomic E-state index is 3.89. The van der Waals surface area contributed by atoms with Crippen LogP contribution < -0.4 is 0 Å². The first-order valence-corrected chi connectivity index (χ1v) is 3.27. The van der Waals surface area contributed by atoms with Crippen molar-refractivity contribution in [2.24, 2.45) is 9.98 Å². The first kappa shape index (κ1) is 9.62. The molecule has 0 aromatic heterocycles. The third-order valence-corrected chi connectivity index (χ3v) is 1.04. The van der Waals surface area contributed by atoms with Gasteiger partial charge in [-0.25, -0.2) is 9.98 Å². The van der Waals surface area contributed by atoms with Crippen LogP contribution in [0.3, 0.4) is 0 Å². The second-order valence-corrected chi connectivity index (χ2v) is 1.86. The topological polar surface area (TPSA) is 28.0 Å². The van der Waals surface area contributed by atoms with Crippen LogP contribution in [0.4, 0.5) is 0 Å². The number of guanidine groups is 1. The monoisotopic (exact) mass is 151 g/mol. The molecule has 0 fully saturated rings. The van der Waals surface area contributed by atoms with E-state index in [0.29, 0.717) is 5.96 Å². The van der Waals surface area contributed by atoms with Crippen molar-refractivity contribution in [3.8, 4) is 0 Å². The molecule has 0 radical (unpaired) electrons. The molecule has 0 amide bonds. The number of rotatable bonds is 2. The summed E-state index contributed by atoms with van der Waals surface area (Å²) < 4.78 is 0. The highest BCUT2D eigenvalue weighted by molar-refractivity contribution is 5.85. The van der Waals surface area contributed by atoms with Crippen molar-refractivity contribution in [2.75, 3.05) is 7.05 Å². The van der Waals surface area contributed by atoms with Crippen molar-refractivity contribution in [3.63, 3.8) is 0 Å². The van der Waals surface area contributed by atoms with Crippen molar-refractivity contribution in [2.45, 2.75) is 6.92 Å². The Morgan fingerprint density at radius 1 is 1.55 bits per heavy atom. The Kier molecular flexibility index (Phi) is 4.73. The summed E-state index contributed by atoms with van der Waals surface area (Å²) in [6.45, 7) is 8.77. The Morgan fingerprint density at radius 2 is 2.18 bits per heavy atom. The Hall–Kier alpha value is -1.38. The second kappa shape index (κ2) is 5.41. The van der Waals surface area contributed by atoms with E-state index in [2.05, 4.69) is 23.3 Å². The molecule has 0 unspecified atom stereocenters. The minimum absolute atomic E-state index is 0.540. The molecule has 0 atom stereocenters. The van der Waals surface area contributed by atoms with E-state index in [1.54, 1.807) is 4.90 Å². The summed E-state index contributed by atoms with van der Waals surface area (Å²) in [5.41, 5.74) is 0. The van der Waals surface area contributed by atoms with Crippen molar-refractivity contribution < 1.29 is 0 Å². The second-order valence-electron chi connectivity index (χ2n) is 1.86. The number of hydrogen-bond donors (Lipinski definition) is 0. The quantitative estimate of drug-likeness (QED) is 0.435. The molecule has 0 aliphatic rings. The van der Waals surface area contributed by atoms with E-state index in [1.807, 2.05) is 26.2 Å². The van der Waals surface area contributed by atoms with Gasteiger partial charge in [0, 0.05) is 19.4 Å². The molecule has 3 heteroatoms. The van der Waals surface area contributed by atoms with Gasteiger partial charge in [-0.3, -0.25) is 0 Å². The van der Waals surface area contributed by atoms with Crippen molar-refractivity contribution in [1.82, 2.24) is 4.90 Å². The molecule has 0 saturated carbocycles. The number of hydrogen-bond acceptors (Lipinski definition) is 1. The molecule has 60 valence electrons. The van der Waals surface area contributed by atoms with Crippen LogP contribution in [0.1, 0.15) is 6.92 Å². The number of nitrogens with zero attached hydrogens (tertiary/aromatic N) is 3. The lowest BCUT2D eigenvalue weighted by Crippen LogP contribution is -2.17. The summed E-state index contributed by atoms with van der Waals surface area (Å²) in [7, 11) is 1.84. The van der Waals surface area contributed by atoms with Crippen LogP contribution in [-0.4, -0.2) is 24.6 Å². The fraction of sp³-hybridized carbons (Fsp3) is 0.250. The fourth-order valence-corrected chi connectivity index (χ4v) is 0.615. The Bertz CT molecular complexity index is 192. The normalized spacial score (nSPS) is 11.6. The van der Waals surface area contributed by atoms with E-state index in [1.165, 1.54) is 6.20 Å². The van der Waals surface area contributed by atoms with Gasteiger partial charge in [-0.05, 0) is 13.6 Å². The predicted octanol–water partition coefficient (Wildman–Crippen LogP) is 1.65. The number of allylic oxidation sites excluding steroid dienone is 1. The van der Waals surface area contributed by atoms with Gasteiger partial charge >= 0.3 is 0 Å². The van der Waals surface area contributed by atoms with E-state index < -0.39 is 0 Å². The van der Waals surface area contributed by atoms with E-state index in [4.69, 9.17) is 0 Å². The van der Waals surface area contributed by atoms with Crippen LogP contribution in [0.2, 0.25) is 0 Å². The highest BCUT2D eigenvalue weighted by atomic mass is 15.2. The Morgan fingerprint density at radius 3 is 2.55 bits per heavy atom. The minimum atomic E-state index is 0.540. The smallest absolute Gasteiger partial charge is 0.228 e. The van der Waals surface area contributed by atoms with E-state index in [9.17, 15) is 0 Å². The van der Waals surface area contributed by atoms with E-state index >= 15 is 0 Å². The summed E-state index contributed by atoms with van der Waals surface area (Å²) in [4.78, 5) is 9.35. The van der Waals surface area contributed by atoms with Gasteiger partial charge in [0.2, 0.25) is 5.96 Å². The Balaban J connectivity index is 4.36. The van der Waals surface area contributed by atoms with Crippen molar-refractivity contribution >= 4 is 12.7 Å².